The van der Waals surface area contributed by atoms with E-state index in [0.717, 1.165) is 24.3 Å². The first kappa shape index (κ1) is 10.7. The van der Waals surface area contributed by atoms with Gasteiger partial charge in [0.05, 0.1) is 5.69 Å². The molecule has 0 saturated carbocycles. The van der Waals surface area contributed by atoms with E-state index in [4.69, 9.17) is 0 Å². The third kappa shape index (κ3) is 1.81. The zero-order chi connectivity index (χ0) is 11.5. The van der Waals surface area contributed by atoms with Gasteiger partial charge >= 0.3 is 0 Å². The highest BCUT2D eigenvalue weighted by atomic mass is 16.1. The van der Waals surface area contributed by atoms with Gasteiger partial charge in [0.1, 0.15) is 0 Å². The maximum atomic E-state index is 11.9. The molecule has 0 radical (unpaired) electrons. The van der Waals surface area contributed by atoms with Crippen LogP contribution in [-0.4, -0.2) is 9.36 Å². The van der Waals surface area contributed by atoms with Crippen LogP contribution in [0.4, 0.5) is 0 Å². The topological polar surface area (TPSA) is 26.9 Å². The molecule has 0 atom stereocenters. The molecule has 1 aromatic carbocycles. The molecule has 0 aliphatic carbocycles. The van der Waals surface area contributed by atoms with Crippen molar-refractivity contribution in [3.8, 4) is 5.69 Å². The molecule has 1 heterocycles. The van der Waals surface area contributed by atoms with Crippen molar-refractivity contribution >= 4 is 0 Å². The average Bonchev–Trinajstić information content (AvgIpc) is 2.56. The lowest BCUT2D eigenvalue weighted by Gasteiger charge is -2.12. The first-order valence-electron chi connectivity index (χ1n) is 5.59. The second-order valence-corrected chi connectivity index (χ2v) is 3.89. The summed E-state index contributed by atoms with van der Waals surface area (Å²) in [5.74, 6) is 0. The van der Waals surface area contributed by atoms with Crippen molar-refractivity contribution in [3.05, 3.63) is 52.4 Å². The van der Waals surface area contributed by atoms with Crippen molar-refractivity contribution in [1.82, 2.24) is 9.36 Å². The summed E-state index contributed by atoms with van der Waals surface area (Å²) in [6, 6.07) is 11.4. The minimum atomic E-state index is 0.0390. The van der Waals surface area contributed by atoms with Gasteiger partial charge in [-0.15, -0.1) is 0 Å². The zero-order valence-electron chi connectivity index (χ0n) is 9.68. The smallest absolute Gasteiger partial charge is 0.271 e. The number of benzene rings is 1. The number of hydrogen-bond acceptors (Lipinski definition) is 1. The Morgan fingerprint density at radius 1 is 1.19 bits per heavy atom. The van der Waals surface area contributed by atoms with E-state index in [0.29, 0.717) is 0 Å². The van der Waals surface area contributed by atoms with Crippen LogP contribution in [0.5, 0.6) is 0 Å². The second kappa shape index (κ2) is 4.39. The lowest BCUT2D eigenvalue weighted by atomic mass is 10.3. The number of aryl methyl sites for hydroxylation is 1. The molecule has 84 valence electrons. The predicted octanol–water partition coefficient (Wildman–Crippen LogP) is 2.36. The van der Waals surface area contributed by atoms with Gasteiger partial charge in [0, 0.05) is 18.3 Å². The second-order valence-electron chi connectivity index (χ2n) is 3.89. The molecule has 3 nitrogen and oxygen atoms in total. The Kier molecular flexibility index (Phi) is 2.95. The van der Waals surface area contributed by atoms with E-state index in [2.05, 4.69) is 6.92 Å². The normalized spacial score (nSPS) is 10.6. The van der Waals surface area contributed by atoms with Crippen LogP contribution in [0.2, 0.25) is 0 Å². The molecular formula is C13H16N2O. The van der Waals surface area contributed by atoms with E-state index in [1.54, 1.807) is 10.7 Å². The van der Waals surface area contributed by atoms with E-state index in [9.17, 15) is 4.79 Å². The molecule has 0 unspecified atom stereocenters. The molecule has 0 bridgehead atoms. The molecule has 0 N–H and O–H groups in total. The van der Waals surface area contributed by atoms with Gasteiger partial charge in [-0.05, 0) is 25.5 Å². The molecule has 3 heteroatoms. The Labute approximate surface area is 94.9 Å². The summed E-state index contributed by atoms with van der Waals surface area (Å²) in [7, 11) is 0. The zero-order valence-corrected chi connectivity index (χ0v) is 9.68. The predicted molar refractivity (Wildman–Crippen MR) is 65.1 cm³/mol. The summed E-state index contributed by atoms with van der Waals surface area (Å²) in [6.07, 6.45) is 1.02. The first-order chi connectivity index (χ1) is 7.74. The van der Waals surface area contributed by atoms with Gasteiger partial charge in [-0.1, -0.05) is 25.1 Å². The van der Waals surface area contributed by atoms with E-state index < -0.39 is 0 Å². The van der Waals surface area contributed by atoms with Crippen LogP contribution >= 0.6 is 0 Å². The summed E-state index contributed by atoms with van der Waals surface area (Å²) in [5.41, 5.74) is 1.97. The summed E-state index contributed by atoms with van der Waals surface area (Å²) in [5, 5.41) is 0. The van der Waals surface area contributed by atoms with E-state index in [1.807, 2.05) is 41.9 Å². The van der Waals surface area contributed by atoms with Crippen LogP contribution in [0.25, 0.3) is 5.69 Å². The van der Waals surface area contributed by atoms with Crippen LogP contribution in [0.3, 0.4) is 0 Å². The van der Waals surface area contributed by atoms with Crippen LogP contribution in [0, 0.1) is 6.92 Å². The lowest BCUT2D eigenvalue weighted by Crippen LogP contribution is -2.21. The highest BCUT2D eigenvalue weighted by molar-refractivity contribution is 5.30. The summed E-state index contributed by atoms with van der Waals surface area (Å²) in [6.45, 7) is 4.94. The average molecular weight is 216 g/mol. The Bertz CT molecular complexity index is 523. The number of nitrogens with zero attached hydrogens (tertiary/aromatic N) is 2. The molecule has 2 aromatic rings. The SMILES string of the molecule is CCCn1c(C)cc(=O)n1-c1ccccc1. The Hall–Kier alpha value is -1.77. The Morgan fingerprint density at radius 3 is 2.50 bits per heavy atom. The number of rotatable bonds is 3. The van der Waals surface area contributed by atoms with Gasteiger partial charge in [0.25, 0.3) is 5.56 Å². The molecule has 1 aromatic heterocycles. The third-order valence-electron chi connectivity index (χ3n) is 2.63. The van der Waals surface area contributed by atoms with Crippen molar-refractivity contribution in [2.24, 2.45) is 0 Å². The van der Waals surface area contributed by atoms with Crippen molar-refractivity contribution in [2.75, 3.05) is 0 Å². The monoisotopic (exact) mass is 216 g/mol. The standard InChI is InChI=1S/C13H16N2O/c1-3-9-14-11(2)10-13(16)15(14)12-7-5-4-6-8-12/h4-8,10H,3,9H2,1-2H3. The molecule has 2 rings (SSSR count). The number of para-hydroxylation sites is 1. The van der Waals surface area contributed by atoms with E-state index >= 15 is 0 Å². The summed E-state index contributed by atoms with van der Waals surface area (Å²) in [4.78, 5) is 11.9. The van der Waals surface area contributed by atoms with Crippen molar-refractivity contribution in [3.63, 3.8) is 0 Å². The van der Waals surface area contributed by atoms with Gasteiger partial charge in [0.2, 0.25) is 0 Å². The Balaban J connectivity index is 2.60. The quantitative estimate of drug-likeness (QED) is 0.773. The third-order valence-corrected chi connectivity index (χ3v) is 2.63. The van der Waals surface area contributed by atoms with Crippen molar-refractivity contribution in [1.29, 1.82) is 0 Å². The minimum Gasteiger partial charge on any atom is -0.282 e. The fraction of sp³-hybridized carbons (Fsp3) is 0.308. The maximum absolute atomic E-state index is 11.9. The van der Waals surface area contributed by atoms with Crippen LogP contribution in [0.15, 0.2) is 41.2 Å². The summed E-state index contributed by atoms with van der Waals surface area (Å²) < 4.78 is 3.76. The Morgan fingerprint density at radius 2 is 1.88 bits per heavy atom. The summed E-state index contributed by atoms with van der Waals surface area (Å²) >= 11 is 0. The molecule has 0 spiro atoms. The first-order valence-corrected chi connectivity index (χ1v) is 5.59. The van der Waals surface area contributed by atoms with Crippen LogP contribution in [0.1, 0.15) is 19.0 Å². The largest absolute Gasteiger partial charge is 0.282 e. The highest BCUT2D eigenvalue weighted by Gasteiger charge is 2.08. The molecule has 0 amide bonds. The molecule has 0 fully saturated rings. The molecule has 0 aliphatic heterocycles. The fourth-order valence-corrected chi connectivity index (χ4v) is 1.92. The molecular weight excluding hydrogens is 200 g/mol. The van der Waals surface area contributed by atoms with Gasteiger partial charge in [-0.3, -0.25) is 9.48 Å². The highest BCUT2D eigenvalue weighted by Crippen LogP contribution is 2.07. The fourth-order valence-electron chi connectivity index (χ4n) is 1.92. The van der Waals surface area contributed by atoms with Crippen LogP contribution < -0.4 is 5.56 Å². The van der Waals surface area contributed by atoms with E-state index in [-0.39, 0.29) is 5.56 Å². The minimum absolute atomic E-state index is 0.0390. The molecule has 0 aliphatic rings. The van der Waals surface area contributed by atoms with Crippen LogP contribution in [-0.2, 0) is 6.54 Å². The lowest BCUT2D eigenvalue weighted by molar-refractivity contribution is 0.523. The number of hydrogen-bond donors (Lipinski definition) is 0. The van der Waals surface area contributed by atoms with Crippen molar-refractivity contribution in [2.45, 2.75) is 26.8 Å². The van der Waals surface area contributed by atoms with Crippen molar-refractivity contribution < 1.29 is 0 Å². The molecule has 0 saturated heterocycles. The van der Waals surface area contributed by atoms with Gasteiger partial charge < -0.3 is 0 Å². The van der Waals surface area contributed by atoms with Gasteiger partial charge in [-0.25, -0.2) is 4.68 Å². The van der Waals surface area contributed by atoms with E-state index in [1.165, 1.54) is 0 Å². The van der Waals surface area contributed by atoms with Gasteiger partial charge in [-0.2, -0.15) is 0 Å². The molecule has 16 heavy (non-hydrogen) atoms. The maximum Gasteiger partial charge on any atom is 0.271 e. The van der Waals surface area contributed by atoms with Gasteiger partial charge in [0.15, 0.2) is 0 Å². The number of aromatic nitrogens is 2.